The van der Waals surface area contributed by atoms with Crippen molar-refractivity contribution in [3.05, 3.63) is 29.3 Å². The van der Waals surface area contributed by atoms with Gasteiger partial charge < -0.3 is 41.2 Å². The Bertz CT molecular complexity index is 1770. The van der Waals surface area contributed by atoms with Crippen molar-refractivity contribution in [1.29, 1.82) is 0 Å². The van der Waals surface area contributed by atoms with E-state index in [1.807, 2.05) is 0 Å². The standard InChI is InChI=1S/C21H26FN10O10P/c1-6(13-11(34)12(35)19(40-13)31-4-27-9-15(23)25-3-26-16(9)31)41-43(37,38)42-14-8(22)7(2-33)39-20(14)32-5-28-10-17(32)29-21(24)30-18(10)36/h3-8,11-14,19-20,33-35H,2H2,1H3,(H,37,38)(H2,23,25,26)(H3,24,29,30,36)/t6-,7-,8-,11+,12-,13-,14-,19-,20-/m1/s1. The molecule has 0 amide bonds. The number of aromatic amines is 1. The molecule has 0 bridgehead atoms. The number of nitrogens with zero attached hydrogens (tertiary/aromatic N) is 7. The first-order valence-electron chi connectivity index (χ1n) is 12.7. The number of aromatic nitrogens is 8. The highest BCUT2D eigenvalue weighted by molar-refractivity contribution is 7.47. The average molecular weight is 628 g/mol. The van der Waals surface area contributed by atoms with Gasteiger partial charge in [0.25, 0.3) is 5.56 Å². The van der Waals surface area contributed by atoms with Crippen molar-refractivity contribution in [3.63, 3.8) is 0 Å². The first-order chi connectivity index (χ1) is 20.4. The van der Waals surface area contributed by atoms with Gasteiger partial charge >= 0.3 is 7.82 Å². The number of nitrogen functional groups attached to an aromatic ring is 2. The Morgan fingerprint density at radius 1 is 1.09 bits per heavy atom. The van der Waals surface area contributed by atoms with E-state index in [4.69, 9.17) is 30.0 Å². The van der Waals surface area contributed by atoms with E-state index in [2.05, 4.69) is 29.9 Å². The predicted octanol–water partition coefficient (Wildman–Crippen LogP) is -2.14. The smallest absolute Gasteiger partial charge is 0.394 e. The number of phosphoric acid groups is 1. The van der Waals surface area contributed by atoms with Crippen LogP contribution in [0.5, 0.6) is 0 Å². The van der Waals surface area contributed by atoms with Crippen molar-refractivity contribution in [3.8, 4) is 0 Å². The minimum absolute atomic E-state index is 0.0712. The largest absolute Gasteiger partial charge is 0.473 e. The maximum Gasteiger partial charge on any atom is 0.473 e. The fourth-order valence-electron chi connectivity index (χ4n) is 5.12. The molecular weight excluding hydrogens is 602 g/mol. The minimum atomic E-state index is -5.19. The van der Waals surface area contributed by atoms with Crippen molar-refractivity contribution < 1.29 is 47.7 Å². The molecule has 22 heteroatoms. The molecule has 10 atom stereocenters. The van der Waals surface area contributed by atoms with Crippen molar-refractivity contribution in [2.24, 2.45) is 0 Å². The Labute approximate surface area is 238 Å². The monoisotopic (exact) mass is 628 g/mol. The van der Waals surface area contributed by atoms with Gasteiger partial charge in [-0.25, -0.2) is 28.9 Å². The van der Waals surface area contributed by atoms with Gasteiger partial charge in [0.05, 0.1) is 25.4 Å². The number of H-pyrrole nitrogens is 1. The lowest BCUT2D eigenvalue weighted by Crippen LogP contribution is -2.38. The van der Waals surface area contributed by atoms with Crippen LogP contribution >= 0.6 is 7.82 Å². The second-order valence-electron chi connectivity index (χ2n) is 9.87. The summed E-state index contributed by atoms with van der Waals surface area (Å²) in [6.07, 6.45) is -10.8. The van der Waals surface area contributed by atoms with E-state index in [0.29, 0.717) is 0 Å². The van der Waals surface area contributed by atoms with Crippen LogP contribution in [-0.4, -0.2) is 109 Å². The fourth-order valence-corrected chi connectivity index (χ4v) is 6.23. The Balaban J connectivity index is 1.22. The molecule has 0 radical (unpaired) electrons. The molecule has 0 aromatic carbocycles. The topological polar surface area (TPSA) is 294 Å². The SMILES string of the molecule is C[C@@H](OP(=O)(O)O[C@@H]1[C@H](F)[C@@H](CO)O[C@H]1n1cnc2c(=O)[nH]c(N)nc21)[C@H]1O[C@@H](n2cnc3c(N)ncnc32)[C@H](O)[C@@H]1O. The van der Waals surface area contributed by atoms with Crippen LogP contribution in [0.25, 0.3) is 22.3 Å². The zero-order valence-corrected chi connectivity index (χ0v) is 22.9. The molecule has 4 aromatic rings. The van der Waals surface area contributed by atoms with Gasteiger partial charge in [-0.3, -0.25) is 28.0 Å². The van der Waals surface area contributed by atoms with Gasteiger partial charge in [0.15, 0.2) is 41.3 Å². The molecule has 0 spiro atoms. The highest BCUT2D eigenvalue weighted by Crippen LogP contribution is 2.52. The minimum Gasteiger partial charge on any atom is -0.394 e. The number of fused-ring (bicyclic) bond motifs is 2. The molecule has 1 unspecified atom stereocenters. The summed E-state index contributed by atoms with van der Waals surface area (Å²) in [5.74, 6) is -0.215. The molecule has 2 aliphatic heterocycles. The van der Waals surface area contributed by atoms with Crippen LogP contribution in [0.15, 0.2) is 23.8 Å². The molecule has 2 fully saturated rings. The number of ether oxygens (including phenoxy) is 2. The van der Waals surface area contributed by atoms with E-state index in [1.54, 1.807) is 0 Å². The first-order valence-corrected chi connectivity index (χ1v) is 14.2. The number of anilines is 2. The summed E-state index contributed by atoms with van der Waals surface area (Å²) in [5.41, 5.74) is 10.8. The average Bonchev–Trinajstić information content (AvgIpc) is 3.70. The van der Waals surface area contributed by atoms with Gasteiger partial charge in [-0.1, -0.05) is 0 Å². The number of aliphatic hydroxyl groups excluding tert-OH is 3. The van der Waals surface area contributed by atoms with Crippen molar-refractivity contribution in [2.75, 3.05) is 18.1 Å². The van der Waals surface area contributed by atoms with Crippen molar-refractivity contribution >= 4 is 41.9 Å². The molecular formula is C21H26FN10O10P. The number of imidazole rings is 2. The Morgan fingerprint density at radius 2 is 1.79 bits per heavy atom. The van der Waals surface area contributed by atoms with Crippen LogP contribution in [0, 0.1) is 0 Å². The van der Waals surface area contributed by atoms with E-state index in [-0.39, 0.29) is 34.1 Å². The van der Waals surface area contributed by atoms with Gasteiger partial charge in [0, 0.05) is 0 Å². The van der Waals surface area contributed by atoms with E-state index in [1.165, 1.54) is 24.1 Å². The second-order valence-corrected chi connectivity index (χ2v) is 11.2. The van der Waals surface area contributed by atoms with Gasteiger partial charge in [0.2, 0.25) is 5.95 Å². The third-order valence-electron chi connectivity index (χ3n) is 7.12. The first kappa shape index (κ1) is 29.4. The number of aliphatic hydroxyl groups is 3. The van der Waals surface area contributed by atoms with Crippen molar-refractivity contribution in [2.45, 2.75) is 62.2 Å². The maximum absolute atomic E-state index is 15.3. The number of alkyl halides is 1. The number of nitrogens with two attached hydrogens (primary N) is 2. The summed E-state index contributed by atoms with van der Waals surface area (Å²) >= 11 is 0. The molecule has 20 nitrogen and oxygen atoms in total. The zero-order valence-electron chi connectivity index (χ0n) is 22.0. The molecule has 2 aliphatic rings. The number of hydrogen-bond acceptors (Lipinski definition) is 16. The molecule has 2 saturated heterocycles. The molecule has 232 valence electrons. The summed E-state index contributed by atoms with van der Waals surface area (Å²) in [5, 5.41) is 31.0. The lowest BCUT2D eigenvalue weighted by Gasteiger charge is -2.27. The predicted molar refractivity (Wildman–Crippen MR) is 139 cm³/mol. The van der Waals surface area contributed by atoms with Crippen LogP contribution < -0.4 is 17.0 Å². The molecule has 0 aliphatic carbocycles. The van der Waals surface area contributed by atoms with Crippen LogP contribution in [0.4, 0.5) is 16.2 Å². The third-order valence-corrected chi connectivity index (χ3v) is 8.23. The Hall–Kier alpha value is -3.66. The van der Waals surface area contributed by atoms with Crippen LogP contribution in [0.2, 0.25) is 0 Å². The summed E-state index contributed by atoms with van der Waals surface area (Å²) in [6, 6.07) is 0. The highest BCUT2D eigenvalue weighted by atomic mass is 31.2. The molecule has 6 heterocycles. The summed E-state index contributed by atoms with van der Waals surface area (Å²) in [7, 11) is -5.19. The fraction of sp³-hybridized carbons (Fsp3) is 0.524. The summed E-state index contributed by atoms with van der Waals surface area (Å²) < 4.78 is 52.5. The van der Waals surface area contributed by atoms with Crippen LogP contribution in [0.3, 0.4) is 0 Å². The number of hydrogen-bond donors (Lipinski definition) is 7. The van der Waals surface area contributed by atoms with E-state index < -0.39 is 75.2 Å². The van der Waals surface area contributed by atoms with Crippen LogP contribution in [-0.2, 0) is 23.1 Å². The zero-order chi connectivity index (χ0) is 30.8. The van der Waals surface area contributed by atoms with E-state index >= 15 is 4.39 Å². The van der Waals surface area contributed by atoms with E-state index in [0.717, 1.165) is 10.9 Å². The highest BCUT2D eigenvalue weighted by Gasteiger charge is 2.52. The molecule has 9 N–H and O–H groups in total. The third kappa shape index (κ3) is 5.03. The van der Waals surface area contributed by atoms with Crippen molar-refractivity contribution in [1.82, 2.24) is 39.0 Å². The quantitative estimate of drug-likeness (QED) is 0.102. The lowest BCUT2D eigenvalue weighted by molar-refractivity contribution is -0.0839. The lowest BCUT2D eigenvalue weighted by atomic mass is 10.1. The van der Waals surface area contributed by atoms with Gasteiger partial charge in [-0.2, -0.15) is 4.98 Å². The van der Waals surface area contributed by atoms with Crippen LogP contribution in [0.1, 0.15) is 19.4 Å². The molecule has 43 heavy (non-hydrogen) atoms. The number of nitrogens with one attached hydrogen (secondary N) is 1. The normalized spacial score (nSPS) is 31.6. The number of rotatable bonds is 8. The molecule has 0 saturated carbocycles. The molecule has 6 rings (SSSR count). The van der Waals surface area contributed by atoms with Gasteiger partial charge in [0.1, 0.15) is 42.4 Å². The number of halogens is 1. The Kier molecular flexibility index (Phi) is 7.39. The van der Waals surface area contributed by atoms with E-state index in [9.17, 15) is 29.6 Å². The Morgan fingerprint density at radius 3 is 2.51 bits per heavy atom. The second kappa shape index (κ2) is 10.8. The maximum atomic E-state index is 15.3. The van der Waals surface area contributed by atoms with Gasteiger partial charge in [-0.15, -0.1) is 0 Å². The molecule has 4 aromatic heterocycles. The van der Waals surface area contributed by atoms with Gasteiger partial charge in [-0.05, 0) is 6.92 Å². The summed E-state index contributed by atoms with van der Waals surface area (Å²) in [4.78, 5) is 44.9. The summed E-state index contributed by atoms with van der Waals surface area (Å²) in [6.45, 7) is 0.435. The number of phosphoric ester groups is 1.